The van der Waals surface area contributed by atoms with Crippen LogP contribution in [0.4, 0.5) is 0 Å². The van der Waals surface area contributed by atoms with E-state index in [1.54, 1.807) is 0 Å². The number of fused-ring (bicyclic) bond motifs is 13. The maximum absolute atomic E-state index is 2.51. The normalized spacial score (nSPS) is 12.3. The first kappa shape index (κ1) is 25.4. The van der Waals surface area contributed by atoms with E-state index in [0.29, 0.717) is 14.5 Å². The second kappa shape index (κ2) is 9.36. The molecule has 11 rings (SSSR count). The van der Waals surface area contributed by atoms with E-state index in [-0.39, 0.29) is 14.5 Å². The molecule has 0 fully saturated rings. The second-order valence-electron chi connectivity index (χ2n) is 12.1. The Bertz CT molecular complexity index is 3040. The number of hydrogen-bond acceptors (Lipinski definition) is 0. The van der Waals surface area contributed by atoms with Gasteiger partial charge in [-0.05, 0) is 0 Å². The van der Waals surface area contributed by atoms with E-state index in [9.17, 15) is 0 Å². The summed E-state index contributed by atoms with van der Waals surface area (Å²) in [4.78, 5) is 0. The fraction of sp³-hybridized carbons (Fsp3) is 0. The van der Waals surface area contributed by atoms with Crippen LogP contribution in [0.2, 0.25) is 0 Å². The van der Waals surface area contributed by atoms with Crippen LogP contribution in [-0.2, 0) is 0 Å². The predicted octanol–water partition coefficient (Wildman–Crippen LogP) is 10.6. The third-order valence-corrected chi connectivity index (χ3v) is 14.6. The van der Waals surface area contributed by atoms with Crippen molar-refractivity contribution in [3.05, 3.63) is 146 Å². The van der Waals surface area contributed by atoms with Gasteiger partial charge in [0.1, 0.15) is 0 Å². The Hall–Kier alpha value is -4.82. The molecule has 0 aliphatic heterocycles. The van der Waals surface area contributed by atoms with Crippen LogP contribution in [0, 0.1) is 0 Å². The Morgan fingerprint density at radius 2 is 0.978 bits per heavy atom. The molecule has 4 heteroatoms. The van der Waals surface area contributed by atoms with Crippen LogP contribution in [0.5, 0.6) is 0 Å². The predicted molar refractivity (Wildman–Crippen MR) is 199 cm³/mol. The van der Waals surface area contributed by atoms with Crippen molar-refractivity contribution >= 4 is 111 Å². The van der Waals surface area contributed by atoms with Gasteiger partial charge in [0, 0.05) is 0 Å². The van der Waals surface area contributed by atoms with Gasteiger partial charge in [-0.15, -0.1) is 0 Å². The molecule has 0 aliphatic rings. The van der Waals surface area contributed by atoms with E-state index in [1.165, 1.54) is 93.6 Å². The molecule has 0 saturated heterocycles. The summed E-state index contributed by atoms with van der Waals surface area (Å²) in [5.41, 5.74) is 7.55. The molecule has 0 atom stereocenters. The summed E-state index contributed by atoms with van der Waals surface area (Å²) in [5.74, 6) is 0. The van der Waals surface area contributed by atoms with E-state index in [2.05, 4.69) is 155 Å². The van der Waals surface area contributed by atoms with Crippen molar-refractivity contribution in [1.29, 1.82) is 0 Å². The van der Waals surface area contributed by atoms with Crippen molar-refractivity contribution in [3.8, 4) is 11.4 Å². The third kappa shape index (κ3) is 3.32. The molecule has 0 unspecified atom stereocenters. The van der Waals surface area contributed by atoms with Crippen molar-refractivity contribution in [1.82, 2.24) is 9.13 Å². The van der Waals surface area contributed by atoms with Crippen LogP contribution in [0.3, 0.4) is 0 Å². The van der Waals surface area contributed by atoms with E-state index in [4.69, 9.17) is 0 Å². The van der Waals surface area contributed by atoms with Gasteiger partial charge < -0.3 is 0 Å². The minimum absolute atomic E-state index is 0.267. The zero-order valence-electron chi connectivity index (χ0n) is 24.6. The molecule has 0 saturated carbocycles. The van der Waals surface area contributed by atoms with Crippen molar-refractivity contribution in [2.75, 3.05) is 0 Å². The molecule has 4 heterocycles. The number of benzene rings is 7. The molecule has 0 amide bonds. The van der Waals surface area contributed by atoms with Gasteiger partial charge in [0.15, 0.2) is 0 Å². The summed E-state index contributed by atoms with van der Waals surface area (Å²) < 4.78 is 10.9. The molecule has 0 aliphatic carbocycles. The Morgan fingerprint density at radius 3 is 1.83 bits per heavy atom. The molecule has 0 radical (unpaired) electrons. The quantitative estimate of drug-likeness (QED) is 0.158. The second-order valence-corrected chi connectivity index (χ2v) is 16.6. The number of nitrogens with zero attached hydrogens (tertiary/aromatic N) is 2. The Morgan fingerprint density at radius 1 is 0.348 bits per heavy atom. The number of rotatable bonds is 2. The summed E-state index contributed by atoms with van der Waals surface area (Å²) in [6, 6.07) is 54.5. The van der Waals surface area contributed by atoms with Crippen molar-refractivity contribution in [2.24, 2.45) is 0 Å². The first-order chi connectivity index (χ1) is 22.8. The molecular formula is C42H24N2Se2. The minimum atomic E-state index is 0.267. The summed E-state index contributed by atoms with van der Waals surface area (Å²) in [6.45, 7) is 0. The van der Waals surface area contributed by atoms with Crippen LogP contribution >= 0.6 is 0 Å². The van der Waals surface area contributed by atoms with Gasteiger partial charge >= 0.3 is 277 Å². The van der Waals surface area contributed by atoms with Crippen molar-refractivity contribution in [3.63, 3.8) is 0 Å². The standard InChI is InChI=1S/C42H24N2Se2/c1-5-15-32-26(10-1)31-24-25(20-21-34(31)44(32)36-17-9-14-28-27-11-3-7-18-37(27)46-42(28)36)43-33-16-6-2-12-29(33)40-35(43)22-23-39-41(40)30-13-4-8-19-38(30)45-39/h1-24H. The van der Waals surface area contributed by atoms with Gasteiger partial charge in [-0.1, -0.05) is 0 Å². The molecule has 0 spiro atoms. The molecule has 4 aromatic heterocycles. The first-order valence-electron chi connectivity index (χ1n) is 15.6. The van der Waals surface area contributed by atoms with Crippen molar-refractivity contribution < 1.29 is 0 Å². The molecule has 11 aromatic rings. The molecule has 0 N–H and O–H groups in total. The SMILES string of the molecule is c1ccc2c(c1)[se]c1c(-n3c4ccccc4c4cc(-n5c6ccccc6c6c7c(ccc65)[se]c5ccccc57)ccc43)cccc12. The fourth-order valence-electron chi connectivity index (χ4n) is 7.82. The van der Waals surface area contributed by atoms with Crippen LogP contribution in [-0.4, -0.2) is 38.1 Å². The van der Waals surface area contributed by atoms with Gasteiger partial charge in [-0.2, -0.15) is 0 Å². The zero-order valence-corrected chi connectivity index (χ0v) is 28.0. The number of hydrogen-bond donors (Lipinski definition) is 0. The van der Waals surface area contributed by atoms with Crippen LogP contribution in [0.15, 0.2) is 146 Å². The first-order valence-corrected chi connectivity index (χ1v) is 19.0. The van der Waals surface area contributed by atoms with Crippen LogP contribution in [0.25, 0.3) is 93.6 Å². The zero-order chi connectivity index (χ0) is 29.9. The number of para-hydroxylation sites is 2. The Kier molecular flexibility index (Phi) is 5.16. The van der Waals surface area contributed by atoms with Gasteiger partial charge in [0.2, 0.25) is 0 Å². The average Bonchev–Trinajstić information content (AvgIpc) is 3.85. The third-order valence-electron chi connectivity index (χ3n) is 9.72. The van der Waals surface area contributed by atoms with Crippen LogP contribution in [0.1, 0.15) is 0 Å². The summed E-state index contributed by atoms with van der Waals surface area (Å²) in [5, 5.41) is 10.9. The van der Waals surface area contributed by atoms with Gasteiger partial charge in [-0.3, -0.25) is 0 Å². The summed E-state index contributed by atoms with van der Waals surface area (Å²) in [6.07, 6.45) is 0. The molecule has 0 bridgehead atoms. The maximum atomic E-state index is 2.51. The Balaban J connectivity index is 1.23. The van der Waals surface area contributed by atoms with Gasteiger partial charge in [-0.25, -0.2) is 0 Å². The van der Waals surface area contributed by atoms with E-state index in [0.717, 1.165) is 0 Å². The van der Waals surface area contributed by atoms with Gasteiger partial charge in [0.25, 0.3) is 0 Å². The Labute approximate surface area is 275 Å². The molecule has 46 heavy (non-hydrogen) atoms. The summed E-state index contributed by atoms with van der Waals surface area (Å²) in [7, 11) is 0. The topological polar surface area (TPSA) is 9.86 Å². The van der Waals surface area contributed by atoms with E-state index < -0.39 is 0 Å². The average molecular weight is 715 g/mol. The van der Waals surface area contributed by atoms with Gasteiger partial charge in [0.05, 0.1) is 0 Å². The van der Waals surface area contributed by atoms with E-state index in [1.807, 2.05) is 0 Å². The molecule has 7 aromatic carbocycles. The monoisotopic (exact) mass is 716 g/mol. The molecular weight excluding hydrogens is 690 g/mol. The van der Waals surface area contributed by atoms with Crippen molar-refractivity contribution in [2.45, 2.75) is 0 Å². The van der Waals surface area contributed by atoms with Crippen LogP contribution < -0.4 is 0 Å². The summed E-state index contributed by atoms with van der Waals surface area (Å²) >= 11 is 0.605. The van der Waals surface area contributed by atoms with E-state index >= 15 is 0 Å². The number of aromatic nitrogens is 2. The molecule has 214 valence electrons. The fourth-order valence-corrected chi connectivity index (χ4v) is 12.7. The molecule has 2 nitrogen and oxygen atoms in total.